The molecule has 1 aliphatic heterocycles. The molecule has 1 atom stereocenters. The van der Waals surface area contributed by atoms with E-state index in [1.807, 2.05) is 24.3 Å². The third-order valence-electron chi connectivity index (χ3n) is 3.65. The first-order chi connectivity index (χ1) is 10.2. The summed E-state index contributed by atoms with van der Waals surface area (Å²) in [5.74, 6) is 1.76. The fourth-order valence-corrected chi connectivity index (χ4v) is 2.75. The molecule has 0 bridgehead atoms. The molecule has 3 rings (SSSR count). The van der Waals surface area contributed by atoms with Crippen molar-refractivity contribution in [1.29, 1.82) is 0 Å². The molecule has 2 heterocycles. The number of pyridine rings is 1. The van der Waals surface area contributed by atoms with Crippen LogP contribution in [0.25, 0.3) is 10.8 Å². The van der Waals surface area contributed by atoms with Crippen LogP contribution in [-0.2, 0) is 4.74 Å². The van der Waals surface area contributed by atoms with Crippen LogP contribution in [0.3, 0.4) is 0 Å². The molecule has 1 aromatic carbocycles. The van der Waals surface area contributed by atoms with Gasteiger partial charge in [-0.3, -0.25) is 0 Å². The molecule has 6 heteroatoms. The van der Waals surface area contributed by atoms with Gasteiger partial charge in [-0.15, -0.1) is 0 Å². The van der Waals surface area contributed by atoms with Crippen LogP contribution in [0.15, 0.2) is 30.5 Å². The summed E-state index contributed by atoms with van der Waals surface area (Å²) in [6, 6.07) is 7.93. The van der Waals surface area contributed by atoms with Crippen LogP contribution in [0.4, 0.5) is 5.82 Å². The van der Waals surface area contributed by atoms with E-state index in [1.165, 1.54) is 0 Å². The third-order valence-corrected chi connectivity index (χ3v) is 3.91. The first-order valence-corrected chi connectivity index (χ1v) is 7.19. The van der Waals surface area contributed by atoms with Gasteiger partial charge in [0, 0.05) is 23.5 Å². The van der Waals surface area contributed by atoms with Gasteiger partial charge in [0.15, 0.2) is 0 Å². The van der Waals surface area contributed by atoms with Crippen LogP contribution < -0.4 is 15.4 Å². The van der Waals surface area contributed by atoms with Crippen molar-refractivity contribution in [1.82, 2.24) is 4.98 Å². The van der Waals surface area contributed by atoms with E-state index >= 15 is 0 Å². The number of fused-ring (bicyclic) bond motifs is 1. The predicted octanol–water partition coefficient (Wildman–Crippen LogP) is 1.73. The number of thiocarbonyl (C=S) groups is 1. The molecule has 0 amide bonds. The monoisotopic (exact) mass is 303 g/mol. The van der Waals surface area contributed by atoms with Crippen LogP contribution in [0, 0.1) is 0 Å². The molecule has 1 saturated heterocycles. The van der Waals surface area contributed by atoms with Gasteiger partial charge in [-0.1, -0.05) is 24.4 Å². The maximum Gasteiger partial charge on any atom is 0.136 e. The summed E-state index contributed by atoms with van der Waals surface area (Å²) < 4.78 is 11.0. The molecule has 5 nitrogen and oxygen atoms in total. The van der Waals surface area contributed by atoms with Gasteiger partial charge in [0.05, 0.1) is 20.3 Å². The summed E-state index contributed by atoms with van der Waals surface area (Å²) >= 11 is 5.04. The zero-order chi connectivity index (χ0) is 14.8. The van der Waals surface area contributed by atoms with Gasteiger partial charge in [-0.25, -0.2) is 4.98 Å². The number of hydrogen-bond acceptors (Lipinski definition) is 5. The molecule has 110 valence electrons. The summed E-state index contributed by atoms with van der Waals surface area (Å²) in [5, 5.41) is 2.10. The molecule has 1 fully saturated rings. The van der Waals surface area contributed by atoms with Gasteiger partial charge in [-0.05, 0) is 12.1 Å². The normalized spacial score (nSPS) is 18.7. The second-order valence-electron chi connectivity index (χ2n) is 4.90. The molecule has 2 N–H and O–H groups in total. The summed E-state index contributed by atoms with van der Waals surface area (Å²) in [4.78, 5) is 7.08. The fourth-order valence-electron chi connectivity index (χ4n) is 2.61. The Morgan fingerprint density at radius 2 is 2.29 bits per heavy atom. The van der Waals surface area contributed by atoms with E-state index < -0.39 is 0 Å². The lowest BCUT2D eigenvalue weighted by Crippen LogP contribution is -2.48. The van der Waals surface area contributed by atoms with Crippen LogP contribution in [-0.4, -0.2) is 42.9 Å². The van der Waals surface area contributed by atoms with Crippen molar-refractivity contribution >= 4 is 33.8 Å². The highest BCUT2D eigenvalue weighted by Crippen LogP contribution is 2.31. The lowest BCUT2D eigenvalue weighted by atomic mass is 10.1. The van der Waals surface area contributed by atoms with Crippen molar-refractivity contribution in [3.05, 3.63) is 30.5 Å². The molecule has 0 saturated carbocycles. The average Bonchev–Trinajstić information content (AvgIpc) is 2.53. The Hall–Kier alpha value is -1.92. The summed E-state index contributed by atoms with van der Waals surface area (Å²) in [6.45, 7) is 1.98. The van der Waals surface area contributed by atoms with Gasteiger partial charge >= 0.3 is 0 Å². The Kier molecular flexibility index (Phi) is 3.90. The van der Waals surface area contributed by atoms with Crippen molar-refractivity contribution in [2.75, 3.05) is 31.7 Å². The van der Waals surface area contributed by atoms with E-state index in [2.05, 4.69) is 9.88 Å². The maximum atomic E-state index is 5.71. The van der Waals surface area contributed by atoms with Crippen molar-refractivity contribution in [2.24, 2.45) is 5.73 Å². The predicted molar refractivity (Wildman–Crippen MR) is 87.0 cm³/mol. The van der Waals surface area contributed by atoms with E-state index in [0.717, 1.165) is 28.9 Å². The lowest BCUT2D eigenvalue weighted by molar-refractivity contribution is 0.0845. The zero-order valence-corrected chi connectivity index (χ0v) is 12.6. The first-order valence-electron chi connectivity index (χ1n) is 6.78. The van der Waals surface area contributed by atoms with Crippen LogP contribution in [0.2, 0.25) is 0 Å². The second kappa shape index (κ2) is 5.83. The minimum atomic E-state index is -0.226. The quantitative estimate of drug-likeness (QED) is 0.872. The van der Waals surface area contributed by atoms with Gasteiger partial charge in [0.2, 0.25) is 0 Å². The molecule has 1 aliphatic rings. The van der Waals surface area contributed by atoms with Crippen molar-refractivity contribution < 1.29 is 9.47 Å². The summed E-state index contributed by atoms with van der Waals surface area (Å²) in [7, 11) is 1.67. The molecule has 0 radical (unpaired) electrons. The molecular formula is C15H17N3O2S. The minimum Gasteiger partial charge on any atom is -0.496 e. The van der Waals surface area contributed by atoms with E-state index in [4.69, 9.17) is 27.4 Å². The number of aromatic nitrogens is 1. The van der Waals surface area contributed by atoms with Crippen molar-refractivity contribution in [3.63, 3.8) is 0 Å². The number of anilines is 1. The smallest absolute Gasteiger partial charge is 0.136 e. The number of nitrogens with two attached hydrogens (primary N) is 1. The Morgan fingerprint density at radius 1 is 1.43 bits per heavy atom. The number of rotatable bonds is 3. The van der Waals surface area contributed by atoms with Crippen LogP contribution >= 0.6 is 12.2 Å². The van der Waals surface area contributed by atoms with E-state index in [0.29, 0.717) is 18.1 Å². The minimum absolute atomic E-state index is 0.226. The molecule has 21 heavy (non-hydrogen) atoms. The van der Waals surface area contributed by atoms with Crippen molar-refractivity contribution in [3.8, 4) is 5.75 Å². The SMILES string of the molecule is COc1cccc2c(N3CCOC(C(N)=S)C3)nccc12. The Bertz CT molecular complexity index is 677. The molecule has 0 aliphatic carbocycles. The second-order valence-corrected chi connectivity index (χ2v) is 5.37. The molecular weight excluding hydrogens is 286 g/mol. The molecule has 1 unspecified atom stereocenters. The number of hydrogen-bond donors (Lipinski definition) is 1. The first kappa shape index (κ1) is 14.0. The Morgan fingerprint density at radius 3 is 3.05 bits per heavy atom. The van der Waals surface area contributed by atoms with Crippen LogP contribution in [0.1, 0.15) is 0 Å². The van der Waals surface area contributed by atoms with Crippen molar-refractivity contribution in [2.45, 2.75) is 6.10 Å². The number of ether oxygens (including phenoxy) is 2. The highest BCUT2D eigenvalue weighted by molar-refractivity contribution is 7.80. The highest BCUT2D eigenvalue weighted by atomic mass is 32.1. The molecule has 1 aromatic heterocycles. The summed E-state index contributed by atoms with van der Waals surface area (Å²) in [5.41, 5.74) is 5.71. The van der Waals surface area contributed by atoms with E-state index in [1.54, 1.807) is 13.3 Å². The Labute approximate surface area is 128 Å². The standard InChI is InChI=1S/C15H17N3O2S/c1-19-12-4-2-3-11-10(12)5-6-17-15(11)18-7-8-20-13(9-18)14(16)21/h2-6,13H,7-9H2,1H3,(H2,16,21). The molecule has 2 aromatic rings. The van der Waals surface area contributed by atoms with Gasteiger partial charge < -0.3 is 20.1 Å². The summed E-state index contributed by atoms with van der Waals surface area (Å²) in [6.07, 6.45) is 1.57. The highest BCUT2D eigenvalue weighted by Gasteiger charge is 2.24. The fraction of sp³-hybridized carbons (Fsp3) is 0.333. The maximum absolute atomic E-state index is 5.71. The number of morpholine rings is 1. The van der Waals surface area contributed by atoms with E-state index in [-0.39, 0.29) is 6.10 Å². The third kappa shape index (κ3) is 2.64. The molecule has 0 spiro atoms. The van der Waals surface area contributed by atoms with Crippen LogP contribution in [0.5, 0.6) is 5.75 Å². The Balaban J connectivity index is 2.02. The van der Waals surface area contributed by atoms with Gasteiger partial charge in [-0.2, -0.15) is 0 Å². The number of methoxy groups -OCH3 is 1. The van der Waals surface area contributed by atoms with E-state index in [9.17, 15) is 0 Å². The lowest BCUT2D eigenvalue weighted by Gasteiger charge is -2.33. The van der Waals surface area contributed by atoms with Gasteiger partial charge in [0.25, 0.3) is 0 Å². The average molecular weight is 303 g/mol. The largest absolute Gasteiger partial charge is 0.496 e. The zero-order valence-electron chi connectivity index (χ0n) is 11.8. The topological polar surface area (TPSA) is 60.6 Å². The van der Waals surface area contributed by atoms with Gasteiger partial charge in [0.1, 0.15) is 22.7 Å². The number of benzene rings is 1. The number of nitrogens with zero attached hydrogens (tertiary/aromatic N) is 2.